The number of para-hydroxylation sites is 3. The van der Waals surface area contributed by atoms with Crippen LogP contribution in [-0.4, -0.2) is 19.1 Å². The number of nitrogens with zero attached hydrogens (tertiary/aromatic N) is 4. The summed E-state index contributed by atoms with van der Waals surface area (Å²) in [5.74, 6) is 0.687. The molecule has 0 saturated heterocycles. The Bertz CT molecular complexity index is 3180. The fourth-order valence-corrected chi connectivity index (χ4v) is 10.5. The molecule has 0 radical (unpaired) electrons. The number of hydrogen-bond donors (Lipinski definition) is 0. The second-order valence-electron chi connectivity index (χ2n) is 14.5. The molecule has 0 N–H and O–H groups in total. The van der Waals surface area contributed by atoms with E-state index >= 15 is 0 Å². The molecule has 4 nitrogen and oxygen atoms in total. The second kappa shape index (κ2) is 9.99. The van der Waals surface area contributed by atoms with E-state index in [2.05, 4.69) is 169 Å². The summed E-state index contributed by atoms with van der Waals surface area (Å²) in [6.07, 6.45) is 0. The van der Waals surface area contributed by atoms with Crippen molar-refractivity contribution in [3.05, 3.63) is 157 Å². The minimum absolute atomic E-state index is 0.245. The van der Waals surface area contributed by atoms with Gasteiger partial charge in [0.1, 0.15) is 0 Å². The molecule has 244 valence electrons. The molecule has 10 aromatic rings. The Morgan fingerprint density at radius 2 is 1.15 bits per heavy atom. The molecule has 0 spiro atoms. The van der Waals surface area contributed by atoms with Gasteiger partial charge in [-0.05, 0) is 64.7 Å². The molecular formula is C47H30N4S. The van der Waals surface area contributed by atoms with Crippen LogP contribution in [0.25, 0.3) is 88.5 Å². The average molecular weight is 683 g/mol. The van der Waals surface area contributed by atoms with Crippen molar-refractivity contribution in [2.45, 2.75) is 29.1 Å². The van der Waals surface area contributed by atoms with Gasteiger partial charge in [-0.15, -0.1) is 0 Å². The smallest absolute Gasteiger partial charge is 0.235 e. The Balaban J connectivity index is 1.37. The predicted octanol–water partition coefficient (Wildman–Crippen LogP) is 12.3. The van der Waals surface area contributed by atoms with Gasteiger partial charge in [-0.3, -0.25) is 4.57 Å². The molecule has 0 bridgehead atoms. The highest BCUT2D eigenvalue weighted by molar-refractivity contribution is 7.99. The highest BCUT2D eigenvalue weighted by Crippen LogP contribution is 2.58. The van der Waals surface area contributed by atoms with Gasteiger partial charge in [0, 0.05) is 53.4 Å². The van der Waals surface area contributed by atoms with Gasteiger partial charge in [0.05, 0.1) is 33.3 Å². The van der Waals surface area contributed by atoms with E-state index in [1.165, 1.54) is 64.6 Å². The molecular weight excluding hydrogens is 653 g/mol. The highest BCUT2D eigenvalue weighted by atomic mass is 32.2. The normalized spacial score (nSPS) is 14.0. The van der Waals surface area contributed by atoms with Gasteiger partial charge >= 0.3 is 0 Å². The van der Waals surface area contributed by atoms with Crippen LogP contribution in [0.1, 0.15) is 25.0 Å². The summed E-state index contributed by atoms with van der Waals surface area (Å²) < 4.78 is 4.85. The minimum atomic E-state index is -0.245. The molecule has 0 atom stereocenters. The average Bonchev–Trinajstić information content (AvgIpc) is 3.79. The number of fused-ring (bicyclic) bond motifs is 14. The zero-order valence-corrected chi connectivity index (χ0v) is 29.4. The third-order valence-corrected chi connectivity index (χ3v) is 12.6. The minimum Gasteiger partial charge on any atom is -0.307 e. The van der Waals surface area contributed by atoms with Crippen LogP contribution in [-0.2, 0) is 5.41 Å². The third kappa shape index (κ3) is 3.49. The van der Waals surface area contributed by atoms with E-state index in [0.29, 0.717) is 5.95 Å². The largest absolute Gasteiger partial charge is 0.307 e. The summed E-state index contributed by atoms with van der Waals surface area (Å²) in [6.45, 7) is 4.80. The molecule has 0 unspecified atom stereocenters. The van der Waals surface area contributed by atoms with Crippen molar-refractivity contribution >= 4 is 66.3 Å². The first-order chi connectivity index (χ1) is 25.6. The van der Waals surface area contributed by atoms with Gasteiger partial charge < -0.3 is 4.57 Å². The van der Waals surface area contributed by atoms with Crippen molar-refractivity contribution in [3.8, 4) is 34.0 Å². The first kappa shape index (κ1) is 28.5. The standard InChI is InChI=1S/C47H30N4S/c1-47(2)32-21-10-6-17-28(32)38-39-29-18-7-11-23-34(29)50(27-15-4-3-5-16-27)44(39)45-40(42(38)47)30-19-8-12-24-35(30)51(45)46-48-33-22-14-26-37-41(33)43(49-46)31-20-9-13-25-36(31)52-37/h3-26H,1-2H3. The molecule has 0 fully saturated rings. The maximum absolute atomic E-state index is 5.58. The van der Waals surface area contributed by atoms with Crippen molar-refractivity contribution in [1.82, 2.24) is 19.1 Å². The van der Waals surface area contributed by atoms with Crippen molar-refractivity contribution in [3.63, 3.8) is 0 Å². The number of aromatic nitrogens is 4. The molecule has 7 aromatic carbocycles. The van der Waals surface area contributed by atoms with E-state index in [-0.39, 0.29) is 5.41 Å². The molecule has 52 heavy (non-hydrogen) atoms. The van der Waals surface area contributed by atoms with E-state index in [4.69, 9.17) is 9.97 Å². The van der Waals surface area contributed by atoms with Crippen molar-refractivity contribution in [2.75, 3.05) is 0 Å². The van der Waals surface area contributed by atoms with Crippen LogP contribution in [0.15, 0.2) is 155 Å². The van der Waals surface area contributed by atoms with E-state index < -0.39 is 0 Å². The van der Waals surface area contributed by atoms with Crippen LogP contribution in [0.3, 0.4) is 0 Å². The zero-order valence-electron chi connectivity index (χ0n) is 28.6. The van der Waals surface area contributed by atoms with Crippen molar-refractivity contribution in [1.29, 1.82) is 0 Å². The number of rotatable bonds is 2. The Morgan fingerprint density at radius 3 is 1.98 bits per heavy atom. The fraction of sp³-hybridized carbons (Fsp3) is 0.0638. The van der Waals surface area contributed by atoms with Gasteiger partial charge in [0.2, 0.25) is 5.95 Å². The van der Waals surface area contributed by atoms with E-state index in [0.717, 1.165) is 38.9 Å². The van der Waals surface area contributed by atoms with Gasteiger partial charge in [-0.1, -0.05) is 129 Å². The molecule has 1 aliphatic heterocycles. The molecule has 4 heterocycles. The third-order valence-electron chi connectivity index (χ3n) is 11.5. The molecule has 1 aliphatic carbocycles. The molecule has 0 amide bonds. The van der Waals surface area contributed by atoms with Gasteiger partial charge in [0.25, 0.3) is 0 Å². The summed E-state index contributed by atoms with van der Waals surface area (Å²) in [5, 5.41) is 6.12. The van der Waals surface area contributed by atoms with Gasteiger partial charge in [-0.2, -0.15) is 0 Å². The van der Waals surface area contributed by atoms with E-state index in [9.17, 15) is 0 Å². The Morgan fingerprint density at radius 1 is 0.519 bits per heavy atom. The van der Waals surface area contributed by atoms with Gasteiger partial charge in [0.15, 0.2) is 0 Å². The lowest BCUT2D eigenvalue weighted by Gasteiger charge is -2.23. The first-order valence-corrected chi connectivity index (χ1v) is 18.7. The van der Waals surface area contributed by atoms with Gasteiger partial charge in [-0.25, -0.2) is 9.97 Å². The van der Waals surface area contributed by atoms with Crippen LogP contribution in [0, 0.1) is 0 Å². The maximum Gasteiger partial charge on any atom is 0.235 e. The SMILES string of the molecule is CC1(C)c2ccccc2-c2c1c1c3ccccc3n(-c3nc4c5c(cccc5n3)Sc3ccccc3-4)c1c1c2c2ccccc2n1-c1ccccc1. The summed E-state index contributed by atoms with van der Waals surface area (Å²) in [7, 11) is 0. The topological polar surface area (TPSA) is 35.6 Å². The number of hydrogen-bond acceptors (Lipinski definition) is 3. The predicted molar refractivity (Wildman–Crippen MR) is 215 cm³/mol. The maximum atomic E-state index is 5.58. The van der Waals surface area contributed by atoms with Crippen molar-refractivity contribution in [2.24, 2.45) is 0 Å². The van der Waals surface area contributed by atoms with Crippen LogP contribution in [0.2, 0.25) is 0 Å². The van der Waals surface area contributed by atoms with Crippen LogP contribution in [0.5, 0.6) is 0 Å². The first-order valence-electron chi connectivity index (χ1n) is 17.9. The summed E-state index contributed by atoms with van der Waals surface area (Å²) in [6, 6.07) is 52.7. The summed E-state index contributed by atoms with van der Waals surface area (Å²) in [4.78, 5) is 13.5. The van der Waals surface area contributed by atoms with Crippen molar-refractivity contribution < 1.29 is 0 Å². The summed E-state index contributed by atoms with van der Waals surface area (Å²) in [5.41, 5.74) is 14.0. The molecule has 5 heteroatoms. The van der Waals surface area contributed by atoms with E-state index in [1.54, 1.807) is 11.8 Å². The quantitative estimate of drug-likeness (QED) is 0.182. The fourth-order valence-electron chi connectivity index (χ4n) is 9.40. The van der Waals surface area contributed by atoms with Crippen LogP contribution < -0.4 is 0 Å². The van der Waals surface area contributed by atoms with Crippen LogP contribution >= 0.6 is 11.8 Å². The Kier molecular flexibility index (Phi) is 5.48. The monoisotopic (exact) mass is 682 g/mol. The highest BCUT2D eigenvalue weighted by Gasteiger charge is 2.41. The molecule has 2 aliphatic rings. The van der Waals surface area contributed by atoms with E-state index in [1.807, 2.05) is 0 Å². The molecule has 0 saturated carbocycles. The summed E-state index contributed by atoms with van der Waals surface area (Å²) >= 11 is 1.80. The Hall–Kier alpha value is -6.17. The van der Waals surface area contributed by atoms with Crippen LogP contribution in [0.4, 0.5) is 0 Å². The number of benzene rings is 7. The lowest BCUT2D eigenvalue weighted by molar-refractivity contribution is 0.667. The lowest BCUT2D eigenvalue weighted by atomic mass is 9.80. The lowest BCUT2D eigenvalue weighted by Crippen LogP contribution is -2.15. The molecule has 12 rings (SSSR count). The molecule has 3 aromatic heterocycles. The second-order valence-corrected chi connectivity index (χ2v) is 15.6. The zero-order chi connectivity index (χ0) is 34.3. The Labute approximate surface area is 304 Å².